The quantitative estimate of drug-likeness (QED) is 0.0587. The molecular formula is C48H59NO10Si. The number of unbranched alkanes of at least 4 members (excludes halogenated alkanes) is 1. The number of aliphatic hydroxyl groups excluding tert-OH is 3. The van der Waals surface area contributed by atoms with Crippen molar-refractivity contribution in [3.05, 3.63) is 114 Å². The Hall–Kier alpha value is -4.56. The molecule has 1 amide bonds. The van der Waals surface area contributed by atoms with Gasteiger partial charge in [0.25, 0.3) is 0 Å². The van der Waals surface area contributed by atoms with Crippen molar-refractivity contribution in [3.63, 3.8) is 0 Å². The van der Waals surface area contributed by atoms with Gasteiger partial charge in [0.05, 0.1) is 23.7 Å². The summed E-state index contributed by atoms with van der Waals surface area (Å²) in [6.07, 6.45) is -4.17. The summed E-state index contributed by atoms with van der Waals surface area (Å²) in [5, 5.41) is 40.6. The monoisotopic (exact) mass is 837 g/mol. The summed E-state index contributed by atoms with van der Waals surface area (Å²) in [7, 11) is -2.24. The Kier molecular flexibility index (Phi) is 12.4. The van der Waals surface area contributed by atoms with Crippen LogP contribution in [0.5, 0.6) is 11.5 Å². The highest BCUT2D eigenvalue weighted by Gasteiger charge is 2.65. The van der Waals surface area contributed by atoms with E-state index in [9.17, 15) is 30.0 Å². The predicted octanol–water partition coefficient (Wildman–Crippen LogP) is 8.37. The molecule has 12 heteroatoms. The number of hydrogen-bond acceptors (Lipinski definition) is 9. The van der Waals surface area contributed by atoms with Gasteiger partial charge in [-0.3, -0.25) is 4.79 Å². The van der Waals surface area contributed by atoms with Crippen LogP contribution in [0.25, 0.3) is 11.1 Å². The number of carbonyl (C=O) groups is 2. The van der Waals surface area contributed by atoms with E-state index in [-0.39, 0.29) is 22.7 Å². The van der Waals surface area contributed by atoms with Gasteiger partial charge < -0.3 is 44.0 Å². The maximum Gasteiger partial charge on any atom is 0.335 e. The van der Waals surface area contributed by atoms with Gasteiger partial charge in [-0.05, 0) is 97.3 Å². The van der Waals surface area contributed by atoms with E-state index in [4.69, 9.17) is 18.6 Å². The van der Waals surface area contributed by atoms with Crippen molar-refractivity contribution < 1.29 is 48.7 Å². The second kappa shape index (κ2) is 17.1. The second-order valence-electron chi connectivity index (χ2n) is 18.1. The van der Waals surface area contributed by atoms with Crippen molar-refractivity contribution in [2.75, 3.05) is 11.5 Å². The van der Waals surface area contributed by atoms with Gasteiger partial charge in [-0.25, -0.2) is 4.79 Å². The lowest BCUT2D eigenvalue weighted by Gasteiger charge is -2.61. The molecule has 2 aliphatic heterocycles. The lowest BCUT2D eigenvalue weighted by molar-refractivity contribution is -0.271. The van der Waals surface area contributed by atoms with Crippen LogP contribution in [0.15, 0.2) is 103 Å². The fraction of sp³-hybridized carbons (Fsp3) is 0.458. The molecule has 2 unspecified atom stereocenters. The topological polar surface area (TPSA) is 155 Å². The third-order valence-corrected chi connectivity index (χ3v) is 17.8. The number of carbonyl (C=O) groups excluding carboxylic acids is 1. The SMILES string of the molecule is CCCCOc1cc(-c2cccc(O[C@@H]3OC(C(=O)O)[C@@H](O)C(O)[C@@H]3O)c2)ccc1[C@H]1N(c2ccccc2)C(=O)C12CCC(O[Si](C)(C)C(C)(C)C)(c1ccccc1)CC2. The van der Waals surface area contributed by atoms with E-state index >= 15 is 0 Å². The van der Waals surface area contributed by atoms with Crippen LogP contribution in [0, 0.1) is 5.41 Å². The first-order valence-corrected chi connectivity index (χ1v) is 24.0. The number of aliphatic carboxylic acids is 1. The number of aliphatic hydroxyl groups is 3. The zero-order chi connectivity index (χ0) is 43.0. The number of hydrogen-bond donors (Lipinski definition) is 4. The number of rotatable bonds is 13. The predicted molar refractivity (Wildman–Crippen MR) is 231 cm³/mol. The van der Waals surface area contributed by atoms with E-state index < -0.39 is 56.0 Å². The fourth-order valence-corrected chi connectivity index (χ4v) is 10.4. The number of carboxylic acid groups (broad SMARTS) is 1. The number of benzene rings is 4. The van der Waals surface area contributed by atoms with E-state index in [2.05, 4.69) is 71.1 Å². The van der Waals surface area contributed by atoms with Crippen LogP contribution in [-0.2, 0) is 24.4 Å². The van der Waals surface area contributed by atoms with Crippen LogP contribution in [0.1, 0.15) is 83.4 Å². The zero-order valence-electron chi connectivity index (χ0n) is 35.4. The molecular weight excluding hydrogens is 779 g/mol. The maximum atomic E-state index is 14.8. The number of nitrogens with zero attached hydrogens (tertiary/aromatic N) is 1. The van der Waals surface area contributed by atoms with Crippen molar-refractivity contribution in [2.24, 2.45) is 5.41 Å². The molecule has 4 N–H and O–H groups in total. The van der Waals surface area contributed by atoms with E-state index in [1.807, 2.05) is 59.5 Å². The smallest absolute Gasteiger partial charge is 0.335 e. The van der Waals surface area contributed by atoms with E-state index in [0.717, 1.165) is 40.8 Å². The van der Waals surface area contributed by atoms with Gasteiger partial charge in [-0.1, -0.05) is 107 Å². The number of carboxylic acids is 1. The first kappa shape index (κ1) is 43.5. The van der Waals surface area contributed by atoms with Gasteiger partial charge in [-0.15, -0.1) is 0 Å². The van der Waals surface area contributed by atoms with Crippen LogP contribution in [-0.4, -0.2) is 77.9 Å². The third-order valence-electron chi connectivity index (χ3n) is 13.3. The molecule has 3 aliphatic rings. The number of β-lactam (4-membered cyclic amide) rings is 1. The zero-order valence-corrected chi connectivity index (χ0v) is 36.4. The highest BCUT2D eigenvalue weighted by Crippen LogP contribution is 2.64. The van der Waals surface area contributed by atoms with Gasteiger partial charge in [0.15, 0.2) is 14.4 Å². The maximum absolute atomic E-state index is 14.8. The van der Waals surface area contributed by atoms with Crippen LogP contribution >= 0.6 is 0 Å². The number of anilines is 1. The Morgan fingerprint density at radius 3 is 2.12 bits per heavy atom. The molecule has 0 radical (unpaired) electrons. The first-order chi connectivity index (χ1) is 28.5. The van der Waals surface area contributed by atoms with E-state index in [1.165, 1.54) is 0 Å². The molecule has 2 saturated heterocycles. The average molecular weight is 838 g/mol. The number of ether oxygens (including phenoxy) is 3. The number of amides is 1. The molecule has 7 rings (SSSR count). The molecule has 0 bridgehead atoms. The summed E-state index contributed by atoms with van der Waals surface area (Å²) in [6.45, 7) is 14.0. The molecule has 320 valence electrons. The van der Waals surface area contributed by atoms with Gasteiger partial charge in [0, 0.05) is 11.3 Å². The first-order valence-electron chi connectivity index (χ1n) is 21.1. The summed E-state index contributed by atoms with van der Waals surface area (Å²) < 4.78 is 25.3. The van der Waals surface area contributed by atoms with Crippen molar-refractivity contribution >= 4 is 25.9 Å². The minimum Gasteiger partial charge on any atom is -0.493 e. The van der Waals surface area contributed by atoms with Gasteiger partial charge in [-0.2, -0.15) is 0 Å². The Labute approximate surface area is 354 Å². The molecule has 1 saturated carbocycles. The van der Waals surface area contributed by atoms with Gasteiger partial charge >= 0.3 is 5.97 Å². The lowest BCUT2D eigenvalue weighted by atomic mass is 9.56. The second-order valence-corrected chi connectivity index (χ2v) is 22.9. The Morgan fingerprint density at radius 1 is 0.833 bits per heavy atom. The molecule has 11 nitrogen and oxygen atoms in total. The summed E-state index contributed by atoms with van der Waals surface area (Å²) in [5.41, 5.74) is 3.26. The van der Waals surface area contributed by atoms with Crippen LogP contribution < -0.4 is 14.4 Å². The minimum absolute atomic E-state index is 0.00133. The standard InChI is InChI=1S/C48H59NO10Si/c1-7-8-28-56-37-30-32(31-16-15-21-35(29-31)57-44-40(52)38(50)39(51)41(58-44)43(53)54)22-23-36(37)42-47(45(55)49(42)34-19-13-10-14-20-34)24-26-48(27-25-47,33-17-11-9-12-18-33)59-60(5,6)46(2,3)4/h9-23,29-30,38-42,44,50-52H,7-8,24-28H2,1-6H3,(H,53,54)/t38?,39-,40-,41?,42+,44+,47?,48?/m0/s1. The Balaban J connectivity index is 1.25. The highest BCUT2D eigenvalue weighted by molar-refractivity contribution is 6.74. The largest absolute Gasteiger partial charge is 0.493 e. The molecule has 4 aromatic rings. The molecule has 6 atom stereocenters. The van der Waals surface area contributed by atoms with Gasteiger partial charge in [0.2, 0.25) is 12.2 Å². The molecule has 1 spiro atoms. The van der Waals surface area contributed by atoms with E-state index in [1.54, 1.807) is 18.2 Å². The fourth-order valence-electron chi connectivity index (χ4n) is 8.79. The van der Waals surface area contributed by atoms with Gasteiger partial charge in [0.1, 0.15) is 29.8 Å². The Morgan fingerprint density at radius 2 is 1.48 bits per heavy atom. The van der Waals surface area contributed by atoms with Crippen molar-refractivity contribution in [1.29, 1.82) is 0 Å². The normalized spacial score (nSPS) is 28.3. The molecule has 4 aromatic carbocycles. The average Bonchev–Trinajstić information content (AvgIpc) is 3.23. The summed E-state index contributed by atoms with van der Waals surface area (Å²) in [4.78, 5) is 28.5. The van der Waals surface area contributed by atoms with Crippen LogP contribution in [0.2, 0.25) is 18.1 Å². The minimum atomic E-state index is -2.24. The molecule has 1 aliphatic carbocycles. The lowest BCUT2D eigenvalue weighted by Crippen LogP contribution is -2.66. The summed E-state index contributed by atoms with van der Waals surface area (Å²) >= 11 is 0. The molecule has 60 heavy (non-hydrogen) atoms. The molecule has 3 fully saturated rings. The van der Waals surface area contributed by atoms with E-state index in [0.29, 0.717) is 38.0 Å². The summed E-state index contributed by atoms with van der Waals surface area (Å²) in [6, 6.07) is 33.1. The van der Waals surface area contributed by atoms with Crippen LogP contribution in [0.4, 0.5) is 5.69 Å². The Bertz CT molecular complexity index is 2130. The van der Waals surface area contributed by atoms with Crippen molar-refractivity contribution in [1.82, 2.24) is 0 Å². The molecule has 2 heterocycles. The highest BCUT2D eigenvalue weighted by atomic mass is 28.4. The molecule has 0 aromatic heterocycles. The third kappa shape index (κ3) is 8.13. The summed E-state index contributed by atoms with van der Waals surface area (Å²) in [5.74, 6) is -0.453. The van der Waals surface area contributed by atoms with Crippen LogP contribution in [0.3, 0.4) is 0 Å². The number of para-hydroxylation sites is 1. The van der Waals surface area contributed by atoms with Crippen molar-refractivity contribution in [3.8, 4) is 22.6 Å². The van der Waals surface area contributed by atoms with Crippen molar-refractivity contribution in [2.45, 2.75) is 127 Å².